The molecule has 0 spiro atoms. The minimum atomic E-state index is 0.384. The minimum absolute atomic E-state index is 0.384. The number of anilines is 1. The van der Waals surface area contributed by atoms with Crippen molar-refractivity contribution in [1.82, 2.24) is 29.8 Å². The SMILES string of the molecule is Nc1n[nH]c(=S)n1CCn1ccnn1. The fraction of sp³-hybridized carbons (Fsp3) is 0.333. The summed E-state index contributed by atoms with van der Waals surface area (Å²) in [5.74, 6) is 0.384. The fourth-order valence-electron chi connectivity index (χ4n) is 1.10. The predicted octanol–water partition coefficient (Wildman–Crippen LogP) is -0.185. The van der Waals surface area contributed by atoms with Crippen LogP contribution in [0.15, 0.2) is 12.4 Å². The number of H-pyrrole nitrogens is 1. The van der Waals surface area contributed by atoms with Gasteiger partial charge < -0.3 is 5.73 Å². The summed E-state index contributed by atoms with van der Waals surface area (Å²) >= 11 is 4.99. The summed E-state index contributed by atoms with van der Waals surface area (Å²) in [5, 5.41) is 13.9. The van der Waals surface area contributed by atoms with E-state index in [1.165, 1.54) is 0 Å². The van der Waals surface area contributed by atoms with Gasteiger partial charge >= 0.3 is 0 Å². The van der Waals surface area contributed by atoms with E-state index in [2.05, 4.69) is 20.5 Å². The van der Waals surface area contributed by atoms with E-state index in [0.717, 1.165) is 0 Å². The second-order valence-electron chi connectivity index (χ2n) is 2.70. The number of hydrogen-bond acceptors (Lipinski definition) is 5. The Morgan fingerprint density at radius 1 is 1.50 bits per heavy atom. The lowest BCUT2D eigenvalue weighted by molar-refractivity contribution is 0.519. The Kier molecular flexibility index (Phi) is 2.27. The van der Waals surface area contributed by atoms with Crippen molar-refractivity contribution in [3.8, 4) is 0 Å². The van der Waals surface area contributed by atoms with Crippen LogP contribution in [0.5, 0.6) is 0 Å². The Morgan fingerprint density at radius 2 is 2.36 bits per heavy atom. The van der Waals surface area contributed by atoms with Crippen LogP contribution < -0.4 is 5.73 Å². The van der Waals surface area contributed by atoms with Crippen molar-refractivity contribution in [3.05, 3.63) is 17.2 Å². The first-order chi connectivity index (χ1) is 6.77. The second-order valence-corrected chi connectivity index (χ2v) is 3.09. The lowest BCUT2D eigenvalue weighted by Gasteiger charge is -2.02. The molecule has 0 radical (unpaired) electrons. The molecule has 0 atom stereocenters. The van der Waals surface area contributed by atoms with Gasteiger partial charge in [0.05, 0.1) is 12.7 Å². The van der Waals surface area contributed by atoms with Gasteiger partial charge in [0.1, 0.15) is 0 Å². The zero-order valence-electron chi connectivity index (χ0n) is 7.29. The van der Waals surface area contributed by atoms with Crippen LogP contribution >= 0.6 is 12.2 Å². The largest absolute Gasteiger partial charge is 0.368 e. The van der Waals surface area contributed by atoms with E-state index in [9.17, 15) is 0 Å². The number of nitrogens with two attached hydrogens (primary N) is 1. The van der Waals surface area contributed by atoms with Crippen LogP contribution in [0.4, 0.5) is 5.95 Å². The molecular weight excluding hydrogens is 202 g/mol. The Balaban J connectivity index is 2.09. The lowest BCUT2D eigenvalue weighted by Crippen LogP contribution is -2.10. The summed E-state index contributed by atoms with van der Waals surface area (Å²) in [6.07, 6.45) is 3.40. The number of aromatic nitrogens is 6. The van der Waals surface area contributed by atoms with Crippen molar-refractivity contribution in [1.29, 1.82) is 0 Å². The molecule has 0 saturated carbocycles. The van der Waals surface area contributed by atoms with Gasteiger partial charge in [-0.3, -0.25) is 9.25 Å². The van der Waals surface area contributed by atoms with Crippen LogP contribution in [0.1, 0.15) is 0 Å². The van der Waals surface area contributed by atoms with Crippen molar-refractivity contribution in [2.45, 2.75) is 13.1 Å². The molecule has 74 valence electrons. The molecular formula is C6H9N7S. The number of aryl methyl sites for hydroxylation is 1. The Hall–Kier alpha value is -1.70. The highest BCUT2D eigenvalue weighted by Gasteiger charge is 2.01. The van der Waals surface area contributed by atoms with Crippen LogP contribution in [0, 0.1) is 4.77 Å². The quantitative estimate of drug-likeness (QED) is 0.687. The van der Waals surface area contributed by atoms with Gasteiger partial charge in [-0.1, -0.05) is 5.21 Å². The zero-order valence-corrected chi connectivity index (χ0v) is 8.11. The van der Waals surface area contributed by atoms with Crippen LogP contribution in [-0.2, 0) is 13.1 Å². The highest BCUT2D eigenvalue weighted by molar-refractivity contribution is 7.71. The van der Waals surface area contributed by atoms with Crippen molar-refractivity contribution in [3.63, 3.8) is 0 Å². The molecule has 2 rings (SSSR count). The van der Waals surface area contributed by atoms with E-state index in [4.69, 9.17) is 18.0 Å². The van der Waals surface area contributed by atoms with Crippen LogP contribution in [-0.4, -0.2) is 29.8 Å². The van der Waals surface area contributed by atoms with Crippen molar-refractivity contribution < 1.29 is 0 Å². The standard InChI is InChI=1S/C6H9N7S/c7-5-9-10-6(14)13(5)4-3-12-2-1-8-11-12/h1-2H,3-4H2,(H2,7,9)(H,10,14). The molecule has 0 aliphatic carbocycles. The van der Waals surface area contributed by atoms with E-state index in [1.54, 1.807) is 21.6 Å². The Bertz CT molecular complexity index is 453. The highest BCUT2D eigenvalue weighted by atomic mass is 32.1. The molecule has 0 saturated heterocycles. The minimum Gasteiger partial charge on any atom is -0.368 e. The van der Waals surface area contributed by atoms with Gasteiger partial charge in [-0.25, -0.2) is 5.10 Å². The smallest absolute Gasteiger partial charge is 0.220 e. The first-order valence-corrected chi connectivity index (χ1v) is 4.43. The molecule has 7 nitrogen and oxygen atoms in total. The summed E-state index contributed by atoms with van der Waals surface area (Å²) in [6, 6.07) is 0. The summed E-state index contributed by atoms with van der Waals surface area (Å²) in [6.45, 7) is 1.29. The zero-order chi connectivity index (χ0) is 9.97. The molecule has 2 aromatic rings. The molecule has 0 fully saturated rings. The molecule has 0 bridgehead atoms. The van der Waals surface area contributed by atoms with Crippen molar-refractivity contribution >= 4 is 18.2 Å². The highest BCUT2D eigenvalue weighted by Crippen LogP contribution is 1.99. The Morgan fingerprint density at radius 3 is 2.93 bits per heavy atom. The Labute approximate surface area is 84.5 Å². The number of hydrogen-bond donors (Lipinski definition) is 2. The summed E-state index contributed by atoms with van der Waals surface area (Å²) in [4.78, 5) is 0. The van der Waals surface area contributed by atoms with Gasteiger partial charge in [-0.15, -0.1) is 10.2 Å². The number of rotatable bonds is 3. The molecule has 0 amide bonds. The van der Waals surface area contributed by atoms with Gasteiger partial charge in [-0.2, -0.15) is 0 Å². The molecule has 2 aromatic heterocycles. The van der Waals surface area contributed by atoms with E-state index < -0.39 is 0 Å². The van der Waals surface area contributed by atoms with Gasteiger partial charge in [0.15, 0.2) is 4.77 Å². The monoisotopic (exact) mass is 211 g/mol. The average molecular weight is 211 g/mol. The van der Waals surface area contributed by atoms with Gasteiger partial charge in [0.2, 0.25) is 5.95 Å². The third-order valence-electron chi connectivity index (χ3n) is 1.81. The number of nitrogens with zero attached hydrogens (tertiary/aromatic N) is 5. The maximum atomic E-state index is 5.59. The van der Waals surface area contributed by atoms with Gasteiger partial charge in [0.25, 0.3) is 0 Å². The molecule has 0 aliphatic rings. The molecule has 3 N–H and O–H groups in total. The number of nitrogens with one attached hydrogen (secondary N) is 1. The number of nitrogen functional groups attached to an aromatic ring is 1. The van der Waals surface area contributed by atoms with E-state index >= 15 is 0 Å². The summed E-state index contributed by atoms with van der Waals surface area (Å²) in [7, 11) is 0. The first-order valence-electron chi connectivity index (χ1n) is 4.02. The van der Waals surface area contributed by atoms with Gasteiger partial charge in [-0.05, 0) is 12.2 Å². The molecule has 0 aromatic carbocycles. The summed E-state index contributed by atoms with van der Waals surface area (Å²) < 4.78 is 3.92. The molecule has 2 heterocycles. The van der Waals surface area contributed by atoms with Gasteiger partial charge in [0, 0.05) is 12.7 Å². The van der Waals surface area contributed by atoms with Crippen molar-refractivity contribution in [2.75, 3.05) is 5.73 Å². The van der Waals surface area contributed by atoms with Crippen LogP contribution in [0.25, 0.3) is 0 Å². The third-order valence-corrected chi connectivity index (χ3v) is 2.12. The normalized spacial score (nSPS) is 10.6. The first kappa shape index (κ1) is 8.88. The van der Waals surface area contributed by atoms with Crippen LogP contribution in [0.3, 0.4) is 0 Å². The van der Waals surface area contributed by atoms with Crippen molar-refractivity contribution in [2.24, 2.45) is 0 Å². The predicted molar refractivity (Wildman–Crippen MR) is 51.8 cm³/mol. The number of aromatic amines is 1. The molecule has 8 heteroatoms. The molecule has 14 heavy (non-hydrogen) atoms. The molecule has 0 aliphatic heterocycles. The third kappa shape index (κ3) is 1.64. The fourth-order valence-corrected chi connectivity index (χ4v) is 1.33. The average Bonchev–Trinajstić information content (AvgIpc) is 2.76. The maximum Gasteiger partial charge on any atom is 0.220 e. The summed E-state index contributed by atoms with van der Waals surface area (Å²) in [5.41, 5.74) is 5.59. The van der Waals surface area contributed by atoms with Crippen LogP contribution in [0.2, 0.25) is 0 Å². The topological polar surface area (TPSA) is 90.3 Å². The second kappa shape index (κ2) is 3.58. The maximum absolute atomic E-state index is 5.59. The van der Waals surface area contributed by atoms with E-state index in [1.807, 2.05) is 0 Å². The van der Waals surface area contributed by atoms with E-state index in [0.29, 0.717) is 23.8 Å². The van der Waals surface area contributed by atoms with E-state index in [-0.39, 0.29) is 0 Å². The molecule has 0 unspecified atom stereocenters. The lowest BCUT2D eigenvalue weighted by atomic mass is 10.6.